The van der Waals surface area contributed by atoms with Gasteiger partial charge in [0.2, 0.25) is 0 Å². The van der Waals surface area contributed by atoms with E-state index in [1.54, 1.807) is 12.3 Å². The summed E-state index contributed by atoms with van der Waals surface area (Å²) >= 11 is 0. The summed E-state index contributed by atoms with van der Waals surface area (Å²) in [6.45, 7) is 2.06. The zero-order chi connectivity index (χ0) is 18.2. The minimum Gasteiger partial charge on any atom is -0.507 e. The van der Waals surface area contributed by atoms with Crippen LogP contribution in [0.1, 0.15) is 19.3 Å². The van der Waals surface area contributed by atoms with Gasteiger partial charge in [0, 0.05) is 54.3 Å². The van der Waals surface area contributed by atoms with E-state index in [9.17, 15) is 5.11 Å². The fourth-order valence-electron chi connectivity index (χ4n) is 3.78. The Bertz CT molecular complexity index is 918. The van der Waals surface area contributed by atoms with E-state index in [2.05, 4.69) is 31.5 Å². The molecule has 3 aromatic rings. The van der Waals surface area contributed by atoms with Crippen molar-refractivity contribution in [2.75, 3.05) is 18.0 Å². The predicted molar refractivity (Wildman–Crippen MR) is 106 cm³/mol. The van der Waals surface area contributed by atoms with Crippen LogP contribution in [0.15, 0.2) is 48.9 Å². The standard InChI is InChI=1S/C21H23N5O/c27-20-9-14(16-11-23-24-12-16)1-5-19(20)15-2-6-21(22-10-15)26-8-7-18(13-26)25-17-3-4-17/h1-2,5-6,9-12,17-18,25,27H,3-4,7-8,13H2,(H,23,24)/t18-/m1/s1. The highest BCUT2D eigenvalue weighted by atomic mass is 16.3. The van der Waals surface area contributed by atoms with Crippen molar-refractivity contribution in [2.24, 2.45) is 0 Å². The molecule has 5 rings (SSSR count). The lowest BCUT2D eigenvalue weighted by molar-refractivity contribution is 0.477. The van der Waals surface area contributed by atoms with Crippen LogP contribution in [-0.4, -0.2) is 45.5 Å². The summed E-state index contributed by atoms with van der Waals surface area (Å²) in [7, 11) is 0. The molecule has 0 amide bonds. The van der Waals surface area contributed by atoms with Crippen molar-refractivity contribution in [1.29, 1.82) is 0 Å². The number of nitrogens with one attached hydrogen (secondary N) is 2. The van der Waals surface area contributed by atoms with E-state index in [0.717, 1.165) is 47.2 Å². The molecule has 1 atom stereocenters. The van der Waals surface area contributed by atoms with Crippen LogP contribution >= 0.6 is 0 Å². The number of phenolic OH excluding ortho intramolecular Hbond substituents is 1. The van der Waals surface area contributed by atoms with E-state index in [1.165, 1.54) is 19.3 Å². The van der Waals surface area contributed by atoms with Gasteiger partial charge < -0.3 is 15.3 Å². The highest BCUT2D eigenvalue weighted by Crippen LogP contribution is 2.33. The van der Waals surface area contributed by atoms with Gasteiger partial charge >= 0.3 is 0 Å². The average molecular weight is 361 g/mol. The molecule has 2 aromatic heterocycles. The molecule has 1 saturated heterocycles. The summed E-state index contributed by atoms with van der Waals surface area (Å²) < 4.78 is 0. The van der Waals surface area contributed by atoms with E-state index in [1.807, 2.05) is 30.6 Å². The van der Waals surface area contributed by atoms with Crippen LogP contribution in [0.4, 0.5) is 5.82 Å². The number of H-pyrrole nitrogens is 1. The van der Waals surface area contributed by atoms with E-state index in [4.69, 9.17) is 0 Å². The number of aromatic nitrogens is 3. The Hall–Kier alpha value is -2.86. The lowest BCUT2D eigenvalue weighted by Gasteiger charge is -2.18. The van der Waals surface area contributed by atoms with Crippen LogP contribution in [0, 0.1) is 0 Å². The van der Waals surface area contributed by atoms with Crippen molar-refractivity contribution in [3.63, 3.8) is 0 Å². The van der Waals surface area contributed by atoms with Gasteiger partial charge in [-0.3, -0.25) is 5.10 Å². The predicted octanol–water partition coefficient (Wildman–Crippen LogP) is 3.18. The zero-order valence-electron chi connectivity index (χ0n) is 15.1. The Morgan fingerprint density at radius 1 is 1.00 bits per heavy atom. The smallest absolute Gasteiger partial charge is 0.128 e. The summed E-state index contributed by atoms with van der Waals surface area (Å²) in [5.41, 5.74) is 3.59. The molecule has 3 heterocycles. The van der Waals surface area contributed by atoms with Gasteiger partial charge in [0.05, 0.1) is 6.20 Å². The SMILES string of the molecule is Oc1cc(-c2cn[nH]c2)ccc1-c1ccc(N2CC[C@@H](NC3CC3)C2)nc1. The largest absolute Gasteiger partial charge is 0.507 e. The van der Waals surface area contributed by atoms with Gasteiger partial charge in [0.1, 0.15) is 11.6 Å². The molecule has 6 nitrogen and oxygen atoms in total. The third-order valence-corrected chi connectivity index (χ3v) is 5.45. The number of rotatable bonds is 5. The third kappa shape index (κ3) is 3.40. The Labute approximate surface area is 158 Å². The molecular weight excluding hydrogens is 338 g/mol. The quantitative estimate of drug-likeness (QED) is 0.651. The minimum absolute atomic E-state index is 0.248. The molecule has 0 unspecified atom stereocenters. The van der Waals surface area contributed by atoms with Gasteiger partial charge in [0.25, 0.3) is 0 Å². The Kier molecular flexibility index (Phi) is 4.05. The number of benzene rings is 1. The van der Waals surface area contributed by atoms with Crippen molar-refractivity contribution < 1.29 is 5.11 Å². The summed E-state index contributed by atoms with van der Waals surface area (Å²) in [5.74, 6) is 1.26. The number of aromatic hydroxyl groups is 1. The maximum absolute atomic E-state index is 10.5. The van der Waals surface area contributed by atoms with Gasteiger partial charge in [-0.05, 0) is 49.1 Å². The monoisotopic (exact) mass is 361 g/mol. The van der Waals surface area contributed by atoms with Crippen LogP contribution in [-0.2, 0) is 0 Å². The van der Waals surface area contributed by atoms with Crippen LogP contribution in [0.2, 0.25) is 0 Å². The first-order valence-corrected chi connectivity index (χ1v) is 9.56. The number of nitrogens with zero attached hydrogens (tertiary/aromatic N) is 3. The molecule has 1 aliphatic heterocycles. The second-order valence-corrected chi connectivity index (χ2v) is 7.50. The van der Waals surface area contributed by atoms with Gasteiger partial charge in [-0.25, -0.2) is 4.98 Å². The Morgan fingerprint density at radius 2 is 1.89 bits per heavy atom. The number of hydrogen-bond acceptors (Lipinski definition) is 5. The van der Waals surface area contributed by atoms with Crippen LogP contribution in [0.25, 0.3) is 22.3 Å². The van der Waals surface area contributed by atoms with Crippen molar-refractivity contribution in [1.82, 2.24) is 20.5 Å². The van der Waals surface area contributed by atoms with Crippen LogP contribution in [0.5, 0.6) is 5.75 Å². The molecule has 0 radical (unpaired) electrons. The minimum atomic E-state index is 0.248. The van der Waals surface area contributed by atoms with E-state index in [-0.39, 0.29) is 5.75 Å². The van der Waals surface area contributed by atoms with E-state index < -0.39 is 0 Å². The first-order chi connectivity index (χ1) is 13.3. The molecule has 6 heteroatoms. The van der Waals surface area contributed by atoms with E-state index in [0.29, 0.717) is 6.04 Å². The molecule has 1 aromatic carbocycles. The van der Waals surface area contributed by atoms with Crippen LogP contribution in [0.3, 0.4) is 0 Å². The number of hydrogen-bond donors (Lipinski definition) is 3. The lowest BCUT2D eigenvalue weighted by atomic mass is 10.0. The molecule has 0 bridgehead atoms. The Morgan fingerprint density at radius 3 is 2.59 bits per heavy atom. The summed E-state index contributed by atoms with van der Waals surface area (Å²) in [6.07, 6.45) is 9.23. The van der Waals surface area contributed by atoms with E-state index >= 15 is 0 Å². The summed E-state index contributed by atoms with van der Waals surface area (Å²) in [4.78, 5) is 6.99. The number of phenols is 1. The second-order valence-electron chi connectivity index (χ2n) is 7.50. The second kappa shape index (κ2) is 6.70. The van der Waals surface area contributed by atoms with Gasteiger partial charge in [0.15, 0.2) is 0 Å². The third-order valence-electron chi connectivity index (χ3n) is 5.45. The fourth-order valence-corrected chi connectivity index (χ4v) is 3.78. The maximum atomic E-state index is 10.5. The molecule has 0 spiro atoms. The number of anilines is 1. The lowest BCUT2D eigenvalue weighted by Crippen LogP contribution is -2.34. The molecule has 3 N–H and O–H groups in total. The number of aromatic amines is 1. The average Bonchev–Trinajstić information content (AvgIpc) is 3.15. The van der Waals surface area contributed by atoms with Crippen molar-refractivity contribution in [3.05, 3.63) is 48.9 Å². The normalized spacial score (nSPS) is 19.6. The topological polar surface area (TPSA) is 77.1 Å². The summed E-state index contributed by atoms with van der Waals surface area (Å²) in [6, 6.07) is 11.1. The molecule has 1 saturated carbocycles. The Balaban J connectivity index is 1.31. The molecule has 27 heavy (non-hydrogen) atoms. The molecule has 138 valence electrons. The van der Waals surface area contributed by atoms with Gasteiger partial charge in [-0.15, -0.1) is 0 Å². The highest BCUT2D eigenvalue weighted by molar-refractivity contribution is 5.75. The molecule has 2 aliphatic rings. The van der Waals surface area contributed by atoms with Crippen molar-refractivity contribution in [2.45, 2.75) is 31.3 Å². The van der Waals surface area contributed by atoms with Crippen molar-refractivity contribution >= 4 is 5.82 Å². The fraction of sp³-hybridized carbons (Fsp3) is 0.333. The zero-order valence-corrected chi connectivity index (χ0v) is 15.1. The molecule has 1 aliphatic carbocycles. The van der Waals surface area contributed by atoms with Gasteiger partial charge in [-0.1, -0.05) is 6.07 Å². The van der Waals surface area contributed by atoms with Crippen molar-refractivity contribution in [3.8, 4) is 28.0 Å². The first kappa shape index (κ1) is 16.3. The van der Waals surface area contributed by atoms with Gasteiger partial charge in [-0.2, -0.15) is 5.10 Å². The number of pyridine rings is 1. The molecule has 2 fully saturated rings. The maximum Gasteiger partial charge on any atom is 0.128 e. The van der Waals surface area contributed by atoms with Crippen LogP contribution < -0.4 is 10.2 Å². The first-order valence-electron chi connectivity index (χ1n) is 9.56. The highest BCUT2D eigenvalue weighted by Gasteiger charge is 2.29. The summed E-state index contributed by atoms with van der Waals surface area (Å²) in [5, 5.41) is 20.9. The molecular formula is C21H23N5O.